The standard InChI is InChI=1S/C14H16OS/c1-3-16-14(15)11-7-8-12(2)13-9-5-4-6-10-13/h4-7,9-10H,3,11H2,1-2H3. The predicted octanol–water partition coefficient (Wildman–Crippen LogP) is 3.91. The zero-order chi connectivity index (χ0) is 11.8. The highest BCUT2D eigenvalue weighted by Crippen LogP contribution is 2.11. The fourth-order valence-electron chi connectivity index (χ4n) is 1.28. The third-order valence-corrected chi connectivity index (χ3v) is 2.88. The Balaban J connectivity index is 2.63. The van der Waals surface area contributed by atoms with Crippen molar-refractivity contribution in [3.05, 3.63) is 47.7 Å². The molecule has 1 aromatic rings. The first kappa shape index (κ1) is 12.8. The van der Waals surface area contributed by atoms with E-state index >= 15 is 0 Å². The van der Waals surface area contributed by atoms with Gasteiger partial charge in [-0.3, -0.25) is 4.79 Å². The molecule has 0 fully saturated rings. The molecule has 1 rings (SSSR count). The van der Waals surface area contributed by atoms with Gasteiger partial charge in [-0.25, -0.2) is 0 Å². The third-order valence-electron chi connectivity index (χ3n) is 2.10. The second-order valence-corrected chi connectivity index (χ2v) is 4.67. The van der Waals surface area contributed by atoms with Gasteiger partial charge in [-0.15, -0.1) is 5.73 Å². The summed E-state index contributed by atoms with van der Waals surface area (Å²) in [5.41, 5.74) is 5.36. The average Bonchev–Trinajstić information content (AvgIpc) is 2.30. The number of allylic oxidation sites excluding steroid dienone is 1. The summed E-state index contributed by atoms with van der Waals surface area (Å²) in [6.07, 6.45) is 2.27. The van der Waals surface area contributed by atoms with Crippen LogP contribution < -0.4 is 0 Å². The molecule has 0 amide bonds. The number of thioether (sulfide) groups is 1. The van der Waals surface area contributed by atoms with E-state index in [0.29, 0.717) is 6.42 Å². The molecule has 0 saturated heterocycles. The van der Waals surface area contributed by atoms with Crippen molar-refractivity contribution in [2.24, 2.45) is 0 Å². The van der Waals surface area contributed by atoms with E-state index in [1.807, 2.05) is 50.3 Å². The zero-order valence-corrected chi connectivity index (χ0v) is 10.5. The molecule has 0 aromatic heterocycles. The summed E-state index contributed by atoms with van der Waals surface area (Å²) in [5.74, 6) is 0.841. The summed E-state index contributed by atoms with van der Waals surface area (Å²) in [7, 11) is 0. The zero-order valence-electron chi connectivity index (χ0n) is 9.69. The summed E-state index contributed by atoms with van der Waals surface area (Å²) < 4.78 is 0. The number of carbonyl (C=O) groups excluding carboxylic acids is 1. The van der Waals surface area contributed by atoms with E-state index < -0.39 is 0 Å². The van der Waals surface area contributed by atoms with Crippen molar-refractivity contribution in [3.63, 3.8) is 0 Å². The molecule has 0 bridgehead atoms. The molecule has 0 heterocycles. The topological polar surface area (TPSA) is 17.1 Å². The smallest absolute Gasteiger partial charge is 0.193 e. The van der Waals surface area contributed by atoms with Crippen LogP contribution in [0.25, 0.3) is 5.57 Å². The summed E-state index contributed by atoms with van der Waals surface area (Å²) >= 11 is 1.36. The van der Waals surface area contributed by atoms with Crippen molar-refractivity contribution in [2.45, 2.75) is 20.3 Å². The Labute approximate surface area is 101 Å². The molecule has 84 valence electrons. The highest BCUT2D eigenvalue weighted by Gasteiger charge is 1.96. The van der Waals surface area contributed by atoms with Crippen molar-refractivity contribution in [3.8, 4) is 0 Å². The van der Waals surface area contributed by atoms with Crippen LogP contribution in [0.4, 0.5) is 0 Å². The maximum Gasteiger partial charge on any atom is 0.193 e. The quantitative estimate of drug-likeness (QED) is 0.732. The summed E-state index contributed by atoms with van der Waals surface area (Å²) in [4.78, 5) is 11.2. The van der Waals surface area contributed by atoms with Gasteiger partial charge in [-0.05, 0) is 29.9 Å². The van der Waals surface area contributed by atoms with Gasteiger partial charge >= 0.3 is 0 Å². The highest BCUT2D eigenvalue weighted by molar-refractivity contribution is 8.13. The normalized spacial score (nSPS) is 9.38. The molecule has 2 heteroatoms. The summed E-state index contributed by atoms with van der Waals surface area (Å²) in [6.45, 7) is 3.99. The Morgan fingerprint density at radius 3 is 2.69 bits per heavy atom. The fraction of sp³-hybridized carbons (Fsp3) is 0.286. The largest absolute Gasteiger partial charge is 0.287 e. The average molecular weight is 232 g/mol. The lowest BCUT2D eigenvalue weighted by molar-refractivity contribution is -0.110. The molecule has 0 unspecified atom stereocenters. The highest BCUT2D eigenvalue weighted by atomic mass is 32.2. The third kappa shape index (κ3) is 4.52. The van der Waals surface area contributed by atoms with Gasteiger partial charge in [-0.1, -0.05) is 49.0 Å². The van der Waals surface area contributed by atoms with Crippen LogP contribution in [0, 0.1) is 0 Å². The molecule has 0 radical (unpaired) electrons. The molecule has 0 aliphatic carbocycles. The molecular formula is C14H16OS. The molecule has 1 nitrogen and oxygen atoms in total. The summed E-state index contributed by atoms with van der Waals surface area (Å²) in [5, 5.41) is 0.205. The van der Waals surface area contributed by atoms with Crippen molar-refractivity contribution in [1.29, 1.82) is 0 Å². The van der Waals surface area contributed by atoms with E-state index in [0.717, 1.165) is 16.9 Å². The van der Waals surface area contributed by atoms with E-state index in [1.54, 1.807) is 0 Å². The van der Waals surface area contributed by atoms with Crippen LogP contribution in [0.5, 0.6) is 0 Å². The van der Waals surface area contributed by atoms with Crippen molar-refractivity contribution < 1.29 is 4.79 Å². The lowest BCUT2D eigenvalue weighted by atomic mass is 10.1. The monoisotopic (exact) mass is 232 g/mol. The molecule has 0 N–H and O–H groups in total. The van der Waals surface area contributed by atoms with Crippen LogP contribution in [0.2, 0.25) is 0 Å². The van der Waals surface area contributed by atoms with E-state index in [4.69, 9.17) is 0 Å². The lowest BCUT2D eigenvalue weighted by Crippen LogP contribution is -1.87. The number of carbonyl (C=O) groups is 1. The van der Waals surface area contributed by atoms with Crippen LogP contribution >= 0.6 is 11.8 Å². The molecular weight excluding hydrogens is 216 g/mol. The van der Waals surface area contributed by atoms with Crippen molar-refractivity contribution in [1.82, 2.24) is 0 Å². The lowest BCUT2D eigenvalue weighted by Gasteiger charge is -1.96. The minimum Gasteiger partial charge on any atom is -0.287 e. The van der Waals surface area contributed by atoms with Gasteiger partial charge in [0.1, 0.15) is 0 Å². The van der Waals surface area contributed by atoms with Gasteiger partial charge in [0.15, 0.2) is 5.12 Å². The fourth-order valence-corrected chi connectivity index (χ4v) is 1.80. The van der Waals surface area contributed by atoms with Gasteiger partial charge in [0, 0.05) is 6.42 Å². The van der Waals surface area contributed by atoms with E-state index in [9.17, 15) is 4.79 Å². The molecule has 0 aliphatic heterocycles. The number of hydrogen-bond acceptors (Lipinski definition) is 2. The predicted molar refractivity (Wildman–Crippen MR) is 71.4 cm³/mol. The molecule has 0 saturated carbocycles. The molecule has 0 spiro atoms. The maximum atomic E-state index is 11.2. The Kier molecular flexibility index (Phi) is 5.69. The van der Waals surface area contributed by atoms with Crippen molar-refractivity contribution in [2.75, 3.05) is 5.75 Å². The minimum absolute atomic E-state index is 0.205. The van der Waals surface area contributed by atoms with E-state index in [-0.39, 0.29) is 5.12 Å². The van der Waals surface area contributed by atoms with Crippen LogP contribution in [-0.4, -0.2) is 10.9 Å². The Bertz CT molecular complexity index is 400. The summed E-state index contributed by atoms with van der Waals surface area (Å²) in [6, 6.07) is 10.1. The number of hydrogen-bond donors (Lipinski definition) is 0. The molecule has 1 aromatic carbocycles. The van der Waals surface area contributed by atoms with Crippen LogP contribution in [0.1, 0.15) is 25.8 Å². The molecule has 0 aliphatic rings. The van der Waals surface area contributed by atoms with E-state index in [2.05, 4.69) is 5.73 Å². The van der Waals surface area contributed by atoms with Gasteiger partial charge in [0.25, 0.3) is 0 Å². The minimum atomic E-state index is 0.205. The van der Waals surface area contributed by atoms with Gasteiger partial charge in [-0.2, -0.15) is 0 Å². The van der Waals surface area contributed by atoms with Gasteiger partial charge < -0.3 is 0 Å². The van der Waals surface area contributed by atoms with Crippen molar-refractivity contribution >= 4 is 22.5 Å². The van der Waals surface area contributed by atoms with Crippen LogP contribution in [0.3, 0.4) is 0 Å². The first-order chi connectivity index (χ1) is 7.74. The van der Waals surface area contributed by atoms with Gasteiger partial charge in [0.05, 0.1) is 0 Å². The SMILES string of the molecule is CCSC(=O)CC=C=C(C)c1ccccc1. The van der Waals surface area contributed by atoms with Crippen LogP contribution in [0.15, 0.2) is 42.1 Å². The number of rotatable bonds is 4. The molecule has 16 heavy (non-hydrogen) atoms. The van der Waals surface area contributed by atoms with Gasteiger partial charge in [0.2, 0.25) is 0 Å². The van der Waals surface area contributed by atoms with E-state index in [1.165, 1.54) is 11.8 Å². The Morgan fingerprint density at radius 2 is 2.06 bits per heavy atom. The second kappa shape index (κ2) is 7.10. The Hall–Kier alpha value is -1.24. The maximum absolute atomic E-state index is 11.2. The Morgan fingerprint density at radius 1 is 1.38 bits per heavy atom. The second-order valence-electron chi connectivity index (χ2n) is 3.35. The first-order valence-electron chi connectivity index (χ1n) is 5.37. The molecule has 0 atom stereocenters. The van der Waals surface area contributed by atoms with Crippen LogP contribution in [-0.2, 0) is 4.79 Å². The number of benzene rings is 1. The first-order valence-corrected chi connectivity index (χ1v) is 6.35.